The van der Waals surface area contributed by atoms with Gasteiger partial charge in [0.2, 0.25) is 0 Å². The number of methoxy groups -OCH3 is 1. The lowest BCUT2D eigenvalue weighted by molar-refractivity contribution is -0.138. The maximum Gasteiger partial charge on any atom is 0.420 e. The first-order valence-electron chi connectivity index (χ1n) is 8.83. The van der Waals surface area contributed by atoms with Crippen LogP contribution in [0.5, 0.6) is 11.5 Å². The Balaban J connectivity index is 2.01. The molecule has 0 saturated carbocycles. The smallest absolute Gasteiger partial charge is 0.420 e. The number of ether oxygens (including phenoxy) is 2. The summed E-state index contributed by atoms with van der Waals surface area (Å²) >= 11 is 0. The third kappa shape index (κ3) is 5.00. The predicted molar refractivity (Wildman–Crippen MR) is 104 cm³/mol. The summed E-state index contributed by atoms with van der Waals surface area (Å²) in [5.41, 5.74) is -1.80. The summed E-state index contributed by atoms with van der Waals surface area (Å²) in [4.78, 5) is 25.1. The van der Waals surface area contributed by atoms with Crippen molar-refractivity contribution in [1.82, 2.24) is 0 Å². The van der Waals surface area contributed by atoms with Gasteiger partial charge in [0.05, 0.1) is 29.5 Å². The Hall–Kier alpha value is -3.88. The lowest BCUT2D eigenvalue weighted by Crippen LogP contribution is -2.20. The van der Waals surface area contributed by atoms with Gasteiger partial charge in [-0.2, -0.15) is 13.2 Å². The van der Waals surface area contributed by atoms with E-state index in [4.69, 9.17) is 9.47 Å². The van der Waals surface area contributed by atoms with Crippen LogP contribution >= 0.6 is 0 Å². The van der Waals surface area contributed by atoms with Crippen LogP contribution in [0.2, 0.25) is 0 Å². The van der Waals surface area contributed by atoms with Crippen molar-refractivity contribution in [2.24, 2.45) is 0 Å². The molecule has 31 heavy (non-hydrogen) atoms. The zero-order chi connectivity index (χ0) is 22.6. The zero-order valence-corrected chi connectivity index (χ0v) is 16.0. The maximum absolute atomic E-state index is 13.6. The van der Waals surface area contributed by atoms with Crippen molar-refractivity contribution in [1.29, 1.82) is 0 Å². The summed E-state index contributed by atoms with van der Waals surface area (Å²) in [6.45, 7) is 0. The Morgan fingerprint density at radius 2 is 1.58 bits per heavy atom. The van der Waals surface area contributed by atoms with Gasteiger partial charge in [0, 0.05) is 0 Å². The van der Waals surface area contributed by atoms with E-state index in [1.165, 1.54) is 13.2 Å². The second kappa shape index (κ2) is 8.86. The van der Waals surface area contributed by atoms with Crippen LogP contribution in [0.4, 0.5) is 23.2 Å². The Morgan fingerprint density at radius 1 is 0.903 bits per heavy atom. The highest BCUT2D eigenvalue weighted by Crippen LogP contribution is 2.39. The van der Waals surface area contributed by atoms with E-state index in [1.54, 1.807) is 18.2 Å². The number of nitrogens with one attached hydrogen (secondary N) is 1. The Bertz CT molecular complexity index is 1110. The molecule has 3 aromatic rings. The molecule has 3 rings (SSSR count). The van der Waals surface area contributed by atoms with E-state index in [9.17, 15) is 27.2 Å². The molecule has 0 aromatic heterocycles. The number of hydrogen-bond donors (Lipinski definition) is 1. The number of hydrogen-bond acceptors (Lipinski definition) is 4. The molecule has 0 saturated heterocycles. The minimum atomic E-state index is -4.90. The molecule has 0 atom stereocenters. The van der Waals surface area contributed by atoms with E-state index in [1.807, 2.05) is 0 Å². The fourth-order valence-electron chi connectivity index (χ4n) is 2.72. The first kappa shape index (κ1) is 21.8. The zero-order valence-electron chi connectivity index (χ0n) is 16.0. The monoisotopic (exact) mass is 433 g/mol. The summed E-state index contributed by atoms with van der Waals surface area (Å²) < 4.78 is 63.8. The maximum atomic E-state index is 13.6. The molecular weight excluding hydrogens is 418 g/mol. The molecule has 5 nitrogen and oxygen atoms in total. The standard InChI is InChI=1S/C22H15F4NO4/c1-30-18-8-3-2-7-17(18)27-20(28)15-5-4-6-16(22(24,25)26)19(15)31-21(29)13-9-11-14(23)12-10-13/h2-12H,1H3,(H,27,28). The van der Waals surface area contributed by atoms with Gasteiger partial charge in [-0.25, -0.2) is 9.18 Å². The number of para-hydroxylation sites is 3. The lowest BCUT2D eigenvalue weighted by atomic mass is 10.1. The molecule has 3 aromatic carbocycles. The molecule has 0 bridgehead atoms. The molecule has 1 N–H and O–H groups in total. The molecule has 9 heteroatoms. The van der Waals surface area contributed by atoms with E-state index in [2.05, 4.69) is 5.32 Å². The van der Waals surface area contributed by atoms with Gasteiger partial charge in [0.25, 0.3) is 5.91 Å². The number of rotatable bonds is 5. The van der Waals surface area contributed by atoms with Crippen molar-refractivity contribution in [3.63, 3.8) is 0 Å². The minimum Gasteiger partial charge on any atom is -0.495 e. The topological polar surface area (TPSA) is 64.6 Å². The second-order valence-corrected chi connectivity index (χ2v) is 6.23. The van der Waals surface area contributed by atoms with Gasteiger partial charge in [-0.1, -0.05) is 18.2 Å². The number of esters is 1. The fourth-order valence-corrected chi connectivity index (χ4v) is 2.72. The van der Waals surface area contributed by atoms with E-state index in [0.717, 1.165) is 36.4 Å². The number of carbonyl (C=O) groups excluding carboxylic acids is 2. The van der Waals surface area contributed by atoms with Crippen LogP contribution in [0, 0.1) is 5.82 Å². The molecule has 0 heterocycles. The van der Waals surface area contributed by atoms with Gasteiger partial charge in [-0.3, -0.25) is 4.79 Å². The molecule has 0 aliphatic carbocycles. The van der Waals surface area contributed by atoms with E-state index < -0.39 is 40.7 Å². The lowest BCUT2D eigenvalue weighted by Gasteiger charge is -2.17. The fraction of sp³-hybridized carbons (Fsp3) is 0.0909. The summed E-state index contributed by atoms with van der Waals surface area (Å²) in [5.74, 6) is -3.44. The van der Waals surface area contributed by atoms with Crippen LogP contribution in [0.25, 0.3) is 0 Å². The first-order valence-corrected chi connectivity index (χ1v) is 8.83. The predicted octanol–water partition coefficient (Wildman–Crippen LogP) is 5.32. The number of carbonyl (C=O) groups is 2. The van der Waals surface area contributed by atoms with Gasteiger partial charge in [0.1, 0.15) is 11.6 Å². The van der Waals surface area contributed by atoms with E-state index in [0.29, 0.717) is 6.07 Å². The normalized spacial score (nSPS) is 11.0. The quantitative estimate of drug-likeness (QED) is 0.336. The summed E-state index contributed by atoms with van der Waals surface area (Å²) in [5, 5.41) is 2.45. The van der Waals surface area contributed by atoms with Crippen LogP contribution in [-0.2, 0) is 6.18 Å². The SMILES string of the molecule is COc1ccccc1NC(=O)c1cccc(C(F)(F)F)c1OC(=O)c1ccc(F)cc1. The van der Waals surface area contributed by atoms with Crippen molar-refractivity contribution in [2.45, 2.75) is 6.18 Å². The van der Waals surface area contributed by atoms with Crippen LogP contribution in [0.15, 0.2) is 66.7 Å². The highest BCUT2D eigenvalue weighted by Gasteiger charge is 2.37. The highest BCUT2D eigenvalue weighted by atomic mass is 19.4. The van der Waals surface area contributed by atoms with Crippen LogP contribution in [0.3, 0.4) is 0 Å². The molecule has 1 amide bonds. The molecule has 0 radical (unpaired) electrons. The molecule has 0 fully saturated rings. The number of benzene rings is 3. The summed E-state index contributed by atoms with van der Waals surface area (Å²) in [6, 6.07) is 13.1. The Kier molecular flexibility index (Phi) is 6.24. The third-order valence-corrected chi connectivity index (χ3v) is 4.19. The number of anilines is 1. The van der Waals surface area contributed by atoms with Gasteiger partial charge >= 0.3 is 12.1 Å². The number of halogens is 4. The average molecular weight is 433 g/mol. The van der Waals surface area contributed by atoms with Crippen LogP contribution < -0.4 is 14.8 Å². The van der Waals surface area contributed by atoms with Crippen LogP contribution in [-0.4, -0.2) is 19.0 Å². The van der Waals surface area contributed by atoms with E-state index in [-0.39, 0.29) is 17.0 Å². The van der Waals surface area contributed by atoms with Gasteiger partial charge in [-0.05, 0) is 48.5 Å². The summed E-state index contributed by atoms with van der Waals surface area (Å²) in [6.07, 6.45) is -4.90. The third-order valence-electron chi connectivity index (χ3n) is 4.19. The van der Waals surface area contributed by atoms with Crippen molar-refractivity contribution >= 4 is 17.6 Å². The largest absolute Gasteiger partial charge is 0.495 e. The van der Waals surface area contributed by atoms with Crippen molar-refractivity contribution in [3.8, 4) is 11.5 Å². The average Bonchev–Trinajstić information content (AvgIpc) is 2.73. The molecule has 0 aliphatic heterocycles. The first-order chi connectivity index (χ1) is 14.7. The highest BCUT2D eigenvalue weighted by molar-refractivity contribution is 6.08. The molecule has 0 aliphatic rings. The van der Waals surface area contributed by atoms with Gasteiger partial charge in [0.15, 0.2) is 5.75 Å². The van der Waals surface area contributed by atoms with Crippen molar-refractivity contribution in [2.75, 3.05) is 12.4 Å². The Morgan fingerprint density at radius 3 is 2.23 bits per heavy atom. The molecular formula is C22H15F4NO4. The van der Waals surface area contributed by atoms with Crippen molar-refractivity contribution in [3.05, 3.63) is 89.2 Å². The second-order valence-electron chi connectivity index (χ2n) is 6.23. The molecule has 160 valence electrons. The number of amides is 1. The minimum absolute atomic E-state index is 0.186. The summed E-state index contributed by atoms with van der Waals surface area (Å²) in [7, 11) is 1.37. The number of alkyl halides is 3. The van der Waals surface area contributed by atoms with Gasteiger partial charge < -0.3 is 14.8 Å². The molecule has 0 unspecified atom stereocenters. The molecule has 0 spiro atoms. The Labute approximate surface area is 174 Å². The van der Waals surface area contributed by atoms with Crippen LogP contribution in [0.1, 0.15) is 26.3 Å². The van der Waals surface area contributed by atoms with Gasteiger partial charge in [-0.15, -0.1) is 0 Å². The van der Waals surface area contributed by atoms with E-state index >= 15 is 0 Å². The van der Waals surface area contributed by atoms with Crippen molar-refractivity contribution < 1.29 is 36.6 Å².